The summed E-state index contributed by atoms with van der Waals surface area (Å²) in [5, 5.41) is 12.8. The third-order valence-corrected chi connectivity index (χ3v) is 7.23. The smallest absolute Gasteiger partial charge is 0.325 e. The van der Waals surface area contributed by atoms with Crippen LogP contribution < -0.4 is 5.32 Å². The second-order valence-electron chi connectivity index (χ2n) is 10.6. The Bertz CT molecular complexity index is 978. The Balaban J connectivity index is 1.65. The Labute approximate surface area is 209 Å². The van der Waals surface area contributed by atoms with Crippen molar-refractivity contribution in [1.29, 1.82) is 0 Å². The fraction of sp³-hybridized carbons (Fsp3) is 0.517. The van der Waals surface area contributed by atoms with Gasteiger partial charge in [0, 0.05) is 13.1 Å². The summed E-state index contributed by atoms with van der Waals surface area (Å²) in [6.45, 7) is 11.1. The van der Waals surface area contributed by atoms with Crippen LogP contribution in [0.5, 0.6) is 5.75 Å². The molecule has 3 rings (SSSR count). The van der Waals surface area contributed by atoms with E-state index in [0.29, 0.717) is 31.2 Å². The molecule has 1 aliphatic heterocycles. The van der Waals surface area contributed by atoms with Crippen molar-refractivity contribution >= 4 is 11.9 Å². The minimum absolute atomic E-state index is 0.0351. The summed E-state index contributed by atoms with van der Waals surface area (Å²) in [6.07, 6.45) is 1.56. The van der Waals surface area contributed by atoms with Crippen LogP contribution in [0.15, 0.2) is 54.6 Å². The zero-order valence-corrected chi connectivity index (χ0v) is 21.5. The number of phenolic OH excluding ortho intramolecular Hbond substituents is 1. The summed E-state index contributed by atoms with van der Waals surface area (Å²) in [4.78, 5) is 27.5. The molecule has 6 nitrogen and oxygen atoms in total. The average Bonchev–Trinajstić information content (AvgIpc) is 2.83. The van der Waals surface area contributed by atoms with Crippen molar-refractivity contribution in [3.63, 3.8) is 0 Å². The van der Waals surface area contributed by atoms with Gasteiger partial charge in [0.25, 0.3) is 0 Å². The summed E-state index contributed by atoms with van der Waals surface area (Å²) in [7, 11) is 0. The Hall–Kier alpha value is -2.86. The summed E-state index contributed by atoms with van der Waals surface area (Å²) in [6, 6.07) is 17.6. The summed E-state index contributed by atoms with van der Waals surface area (Å²) < 4.78 is 5.21. The van der Waals surface area contributed by atoms with Gasteiger partial charge in [-0.2, -0.15) is 0 Å². The maximum Gasteiger partial charge on any atom is 0.325 e. The number of carbonyl (C=O) groups excluding carboxylic acids is 2. The lowest BCUT2D eigenvalue weighted by molar-refractivity contribution is -0.145. The van der Waals surface area contributed by atoms with Crippen molar-refractivity contribution < 1.29 is 19.4 Å². The van der Waals surface area contributed by atoms with Crippen molar-refractivity contribution in [3.05, 3.63) is 65.7 Å². The molecule has 0 aliphatic carbocycles. The highest BCUT2D eigenvalue weighted by molar-refractivity contribution is 5.83. The Morgan fingerprint density at radius 2 is 1.91 bits per heavy atom. The summed E-state index contributed by atoms with van der Waals surface area (Å²) in [5.41, 5.74) is 2.22. The van der Waals surface area contributed by atoms with E-state index in [4.69, 9.17) is 4.74 Å². The van der Waals surface area contributed by atoms with Crippen LogP contribution in [0.3, 0.4) is 0 Å². The van der Waals surface area contributed by atoms with Crippen molar-refractivity contribution in [2.24, 2.45) is 17.8 Å². The molecule has 0 radical (unpaired) electrons. The monoisotopic (exact) mass is 480 g/mol. The van der Waals surface area contributed by atoms with Crippen molar-refractivity contribution in [1.82, 2.24) is 10.2 Å². The molecule has 1 amide bonds. The minimum atomic E-state index is -0.404. The fourth-order valence-electron chi connectivity index (χ4n) is 4.84. The normalized spacial score (nSPS) is 21.5. The second-order valence-corrected chi connectivity index (χ2v) is 10.6. The van der Waals surface area contributed by atoms with Gasteiger partial charge in [0.1, 0.15) is 12.3 Å². The minimum Gasteiger partial charge on any atom is -0.508 e. The van der Waals surface area contributed by atoms with Gasteiger partial charge < -0.3 is 20.1 Å². The number of phenols is 1. The highest BCUT2D eigenvalue weighted by atomic mass is 16.5. The number of esters is 1. The Morgan fingerprint density at radius 3 is 2.57 bits per heavy atom. The molecule has 190 valence electrons. The first-order valence-electron chi connectivity index (χ1n) is 12.7. The number of likely N-dealkylation sites (tertiary alicyclic amines) is 1. The molecule has 1 saturated heterocycles. The molecule has 2 N–H and O–H groups in total. The van der Waals surface area contributed by atoms with Gasteiger partial charge in [-0.15, -0.1) is 0 Å². The maximum atomic E-state index is 13.2. The summed E-state index contributed by atoms with van der Waals surface area (Å²) >= 11 is 0. The van der Waals surface area contributed by atoms with Gasteiger partial charge in [0.2, 0.25) is 5.91 Å². The number of nitrogens with one attached hydrogen (secondary N) is 1. The fourth-order valence-corrected chi connectivity index (χ4v) is 4.84. The molecule has 1 aliphatic rings. The SMILES string of the molecule is CC(C)COC(=O)CNC(=O)[C@@H](Cc1ccccc1)CN1CC[C@](C)(c2cccc(O)c2)[C@H](C)C1. The molecule has 2 aromatic carbocycles. The Kier molecular flexibility index (Phi) is 9.33. The van der Waals surface area contributed by atoms with Crippen LogP contribution in [-0.2, 0) is 26.2 Å². The van der Waals surface area contributed by atoms with Crippen LogP contribution in [0.1, 0.15) is 45.2 Å². The first kappa shape index (κ1) is 26.7. The van der Waals surface area contributed by atoms with E-state index in [9.17, 15) is 14.7 Å². The molecule has 2 aromatic rings. The topological polar surface area (TPSA) is 78.9 Å². The molecule has 35 heavy (non-hydrogen) atoms. The third kappa shape index (κ3) is 7.56. The average molecular weight is 481 g/mol. The van der Waals surface area contributed by atoms with Crippen LogP contribution >= 0.6 is 0 Å². The first-order chi connectivity index (χ1) is 16.7. The Morgan fingerprint density at radius 1 is 1.17 bits per heavy atom. The van der Waals surface area contributed by atoms with Crippen LogP contribution in [0.25, 0.3) is 0 Å². The van der Waals surface area contributed by atoms with Crippen molar-refractivity contribution in [3.8, 4) is 5.75 Å². The standard InChI is InChI=1S/C29H40N2O4/c1-21(2)20-35-27(33)17-30-28(34)24(15-23-9-6-5-7-10-23)19-31-14-13-29(4,22(3)18-31)25-11-8-12-26(32)16-25/h5-12,16,21-22,24,32H,13-15,17-20H2,1-4H3,(H,30,34)/t22-,24+,29+/m1/s1. The van der Waals surface area contributed by atoms with Gasteiger partial charge in [-0.3, -0.25) is 9.59 Å². The molecular formula is C29H40N2O4. The number of rotatable bonds is 10. The van der Waals surface area contributed by atoms with Gasteiger partial charge in [0.15, 0.2) is 0 Å². The molecule has 0 bridgehead atoms. The summed E-state index contributed by atoms with van der Waals surface area (Å²) in [5.74, 6) is 0.109. The molecule has 3 atom stereocenters. The number of hydrogen-bond acceptors (Lipinski definition) is 5. The quantitative estimate of drug-likeness (QED) is 0.499. The predicted octanol–water partition coefficient (Wildman–Crippen LogP) is 4.17. The van der Waals surface area contributed by atoms with E-state index >= 15 is 0 Å². The molecule has 1 fully saturated rings. The highest BCUT2D eigenvalue weighted by Gasteiger charge is 2.39. The number of carbonyl (C=O) groups is 2. The lowest BCUT2D eigenvalue weighted by Crippen LogP contribution is -2.50. The van der Waals surface area contributed by atoms with Crippen LogP contribution in [0, 0.1) is 17.8 Å². The zero-order valence-electron chi connectivity index (χ0n) is 21.5. The van der Waals surface area contributed by atoms with Crippen LogP contribution in [0.4, 0.5) is 0 Å². The van der Waals surface area contributed by atoms with E-state index in [2.05, 4.69) is 30.1 Å². The number of amides is 1. The second kappa shape index (κ2) is 12.2. The van der Waals surface area contributed by atoms with E-state index in [1.54, 1.807) is 6.07 Å². The molecule has 1 heterocycles. The molecule has 0 aromatic heterocycles. The third-order valence-electron chi connectivity index (χ3n) is 7.23. The van der Waals surface area contributed by atoms with Crippen molar-refractivity contribution in [2.45, 2.75) is 46.0 Å². The lowest BCUT2D eigenvalue weighted by Gasteiger charge is -2.45. The molecule has 0 saturated carbocycles. The zero-order chi connectivity index (χ0) is 25.4. The number of hydrogen-bond donors (Lipinski definition) is 2. The number of ether oxygens (including phenoxy) is 1. The van der Waals surface area contributed by atoms with E-state index in [1.165, 1.54) is 0 Å². The first-order valence-corrected chi connectivity index (χ1v) is 12.7. The van der Waals surface area contributed by atoms with E-state index in [1.807, 2.05) is 56.3 Å². The molecule has 0 spiro atoms. The van der Waals surface area contributed by atoms with Gasteiger partial charge in [-0.05, 0) is 59.9 Å². The predicted molar refractivity (Wildman–Crippen MR) is 138 cm³/mol. The largest absolute Gasteiger partial charge is 0.508 e. The van der Waals surface area contributed by atoms with Gasteiger partial charge in [-0.1, -0.05) is 70.2 Å². The molecular weight excluding hydrogens is 440 g/mol. The lowest BCUT2D eigenvalue weighted by atomic mass is 9.68. The van der Waals surface area contributed by atoms with Crippen molar-refractivity contribution in [2.75, 3.05) is 32.8 Å². The van der Waals surface area contributed by atoms with Gasteiger partial charge in [-0.25, -0.2) is 0 Å². The van der Waals surface area contributed by atoms with Crippen LogP contribution in [-0.4, -0.2) is 54.7 Å². The van der Waals surface area contributed by atoms with Crippen LogP contribution in [0.2, 0.25) is 0 Å². The number of aromatic hydroxyl groups is 1. The maximum absolute atomic E-state index is 13.2. The van der Waals surface area contributed by atoms with Gasteiger partial charge >= 0.3 is 5.97 Å². The van der Waals surface area contributed by atoms with E-state index in [0.717, 1.165) is 30.6 Å². The van der Waals surface area contributed by atoms with E-state index in [-0.39, 0.29) is 29.7 Å². The van der Waals surface area contributed by atoms with Gasteiger partial charge in [0.05, 0.1) is 12.5 Å². The number of piperidine rings is 1. The number of benzene rings is 2. The molecule has 6 heteroatoms. The molecule has 0 unspecified atom stereocenters. The number of nitrogens with zero attached hydrogens (tertiary/aromatic N) is 1. The highest BCUT2D eigenvalue weighted by Crippen LogP contribution is 2.40. The van der Waals surface area contributed by atoms with E-state index < -0.39 is 5.97 Å².